The van der Waals surface area contributed by atoms with E-state index in [1.54, 1.807) is 7.11 Å². The maximum atomic E-state index is 6.20. The van der Waals surface area contributed by atoms with Gasteiger partial charge in [-0.15, -0.1) is 0 Å². The van der Waals surface area contributed by atoms with Crippen LogP contribution in [-0.4, -0.2) is 39.0 Å². The molecule has 1 heterocycles. The van der Waals surface area contributed by atoms with Crippen LogP contribution in [0.2, 0.25) is 0 Å². The average molecular weight is 283 g/mol. The van der Waals surface area contributed by atoms with Crippen molar-refractivity contribution >= 4 is 0 Å². The lowest BCUT2D eigenvalue weighted by atomic mass is 9.74. The van der Waals surface area contributed by atoms with Crippen LogP contribution in [0, 0.1) is 11.8 Å². The molecule has 118 valence electrons. The first-order chi connectivity index (χ1) is 9.74. The van der Waals surface area contributed by atoms with Crippen LogP contribution in [0.4, 0.5) is 0 Å². The lowest BCUT2D eigenvalue weighted by Gasteiger charge is -2.44. The van der Waals surface area contributed by atoms with Crippen LogP contribution >= 0.6 is 0 Å². The van der Waals surface area contributed by atoms with Gasteiger partial charge in [0.1, 0.15) is 0 Å². The van der Waals surface area contributed by atoms with Crippen molar-refractivity contribution in [2.45, 2.75) is 63.9 Å². The molecule has 1 spiro atoms. The fraction of sp³-hybridized carbons (Fsp3) is 1.00. The highest BCUT2D eigenvalue weighted by Crippen LogP contribution is 2.42. The van der Waals surface area contributed by atoms with Crippen LogP contribution in [0.5, 0.6) is 0 Å². The van der Waals surface area contributed by atoms with Crippen LogP contribution < -0.4 is 5.32 Å². The van der Waals surface area contributed by atoms with Gasteiger partial charge < -0.3 is 14.8 Å². The molecule has 2 fully saturated rings. The molecular formula is C17H33NO2. The topological polar surface area (TPSA) is 30.5 Å². The number of nitrogens with one attached hydrogen (secondary N) is 1. The highest BCUT2D eigenvalue weighted by molar-refractivity contribution is 4.90. The van der Waals surface area contributed by atoms with Crippen molar-refractivity contribution in [1.82, 2.24) is 5.32 Å². The van der Waals surface area contributed by atoms with E-state index in [9.17, 15) is 0 Å². The van der Waals surface area contributed by atoms with Crippen LogP contribution in [-0.2, 0) is 9.47 Å². The molecule has 1 saturated carbocycles. The second-order valence-corrected chi connectivity index (χ2v) is 6.99. The van der Waals surface area contributed by atoms with Gasteiger partial charge in [-0.3, -0.25) is 0 Å². The summed E-state index contributed by atoms with van der Waals surface area (Å²) in [6.07, 6.45) is 10.7. The Morgan fingerprint density at radius 1 is 1.30 bits per heavy atom. The third-order valence-electron chi connectivity index (χ3n) is 5.07. The van der Waals surface area contributed by atoms with E-state index in [1.807, 2.05) is 0 Å². The number of ether oxygens (including phenoxy) is 2. The molecule has 0 aromatic rings. The molecule has 2 aliphatic rings. The minimum absolute atomic E-state index is 0.268. The summed E-state index contributed by atoms with van der Waals surface area (Å²) in [5.74, 6) is 1.64. The van der Waals surface area contributed by atoms with Gasteiger partial charge in [0.15, 0.2) is 0 Å². The maximum Gasteiger partial charge on any atom is 0.0685 e. The van der Waals surface area contributed by atoms with Gasteiger partial charge >= 0.3 is 0 Å². The van der Waals surface area contributed by atoms with Gasteiger partial charge in [-0.1, -0.05) is 26.2 Å². The lowest BCUT2D eigenvalue weighted by molar-refractivity contribution is -0.119. The van der Waals surface area contributed by atoms with Crippen molar-refractivity contribution in [3.05, 3.63) is 0 Å². The standard InChI is InChI=1S/C17H33NO2/c1-15(14-18-9-11-19-2)12-16-6-10-20-17(13-16)7-4-3-5-8-17/h15-16,18H,3-14H2,1-2H3. The summed E-state index contributed by atoms with van der Waals surface area (Å²) in [6.45, 7) is 6.27. The van der Waals surface area contributed by atoms with Gasteiger partial charge in [0.2, 0.25) is 0 Å². The normalized spacial score (nSPS) is 27.6. The monoisotopic (exact) mass is 283 g/mol. The van der Waals surface area contributed by atoms with Gasteiger partial charge in [0.25, 0.3) is 0 Å². The second-order valence-electron chi connectivity index (χ2n) is 6.99. The van der Waals surface area contributed by atoms with E-state index in [0.717, 1.165) is 38.1 Å². The molecule has 1 aliphatic carbocycles. The Hall–Kier alpha value is -0.120. The van der Waals surface area contributed by atoms with E-state index >= 15 is 0 Å². The quantitative estimate of drug-likeness (QED) is 0.727. The average Bonchev–Trinajstić information content (AvgIpc) is 2.44. The molecule has 20 heavy (non-hydrogen) atoms. The van der Waals surface area contributed by atoms with E-state index in [4.69, 9.17) is 9.47 Å². The molecule has 1 aliphatic heterocycles. The summed E-state index contributed by atoms with van der Waals surface area (Å²) in [6, 6.07) is 0. The van der Waals surface area contributed by atoms with Gasteiger partial charge in [0.05, 0.1) is 12.2 Å². The smallest absolute Gasteiger partial charge is 0.0685 e. The molecule has 0 aromatic heterocycles. The summed E-state index contributed by atoms with van der Waals surface area (Å²) in [5.41, 5.74) is 0.268. The Kier molecular flexibility index (Phi) is 6.79. The molecule has 2 rings (SSSR count). The number of hydrogen-bond donors (Lipinski definition) is 1. The maximum absolute atomic E-state index is 6.20. The number of methoxy groups -OCH3 is 1. The first-order valence-corrected chi connectivity index (χ1v) is 8.58. The zero-order valence-electron chi connectivity index (χ0n) is 13.5. The van der Waals surface area contributed by atoms with Gasteiger partial charge in [0, 0.05) is 20.3 Å². The van der Waals surface area contributed by atoms with Crippen LogP contribution in [0.1, 0.15) is 58.3 Å². The third kappa shape index (κ3) is 5.01. The largest absolute Gasteiger partial charge is 0.383 e. The van der Waals surface area contributed by atoms with Gasteiger partial charge in [-0.25, -0.2) is 0 Å². The van der Waals surface area contributed by atoms with E-state index < -0.39 is 0 Å². The zero-order valence-corrected chi connectivity index (χ0v) is 13.5. The minimum Gasteiger partial charge on any atom is -0.383 e. The van der Waals surface area contributed by atoms with Crippen molar-refractivity contribution in [2.75, 3.05) is 33.4 Å². The second kappa shape index (κ2) is 8.35. The molecule has 2 atom stereocenters. The summed E-state index contributed by atoms with van der Waals surface area (Å²) >= 11 is 0. The molecule has 3 heteroatoms. The van der Waals surface area contributed by atoms with E-state index in [-0.39, 0.29) is 5.60 Å². The zero-order chi connectivity index (χ0) is 14.3. The highest BCUT2D eigenvalue weighted by Gasteiger charge is 2.38. The van der Waals surface area contributed by atoms with Crippen molar-refractivity contribution in [2.24, 2.45) is 11.8 Å². The summed E-state index contributed by atoms with van der Waals surface area (Å²) in [5, 5.41) is 3.49. The fourth-order valence-electron chi connectivity index (χ4n) is 4.05. The van der Waals surface area contributed by atoms with Gasteiger partial charge in [-0.05, 0) is 50.5 Å². The lowest BCUT2D eigenvalue weighted by Crippen LogP contribution is -2.42. The molecule has 0 aromatic carbocycles. The third-order valence-corrected chi connectivity index (χ3v) is 5.07. The Morgan fingerprint density at radius 2 is 2.10 bits per heavy atom. The summed E-state index contributed by atoms with van der Waals surface area (Å²) in [4.78, 5) is 0. The van der Waals surface area contributed by atoms with E-state index in [1.165, 1.54) is 51.4 Å². The van der Waals surface area contributed by atoms with Crippen molar-refractivity contribution in [3.8, 4) is 0 Å². The molecule has 2 unspecified atom stereocenters. The van der Waals surface area contributed by atoms with Crippen molar-refractivity contribution in [1.29, 1.82) is 0 Å². The Bertz CT molecular complexity index is 258. The highest BCUT2D eigenvalue weighted by atomic mass is 16.5. The molecule has 1 saturated heterocycles. The minimum atomic E-state index is 0.268. The first-order valence-electron chi connectivity index (χ1n) is 8.58. The predicted octanol–water partition coefficient (Wildman–Crippen LogP) is 3.38. The molecule has 0 bridgehead atoms. The fourth-order valence-corrected chi connectivity index (χ4v) is 4.05. The molecule has 0 amide bonds. The van der Waals surface area contributed by atoms with Crippen LogP contribution in [0.25, 0.3) is 0 Å². The number of hydrogen-bond acceptors (Lipinski definition) is 3. The van der Waals surface area contributed by atoms with Crippen LogP contribution in [0.15, 0.2) is 0 Å². The van der Waals surface area contributed by atoms with Crippen molar-refractivity contribution in [3.63, 3.8) is 0 Å². The SMILES string of the molecule is COCCNCC(C)CC1CCOC2(CCCCC2)C1. The van der Waals surface area contributed by atoms with Crippen molar-refractivity contribution < 1.29 is 9.47 Å². The molecule has 1 N–H and O–H groups in total. The van der Waals surface area contributed by atoms with Gasteiger partial charge in [-0.2, -0.15) is 0 Å². The molecule has 3 nitrogen and oxygen atoms in total. The molecular weight excluding hydrogens is 250 g/mol. The number of rotatable bonds is 7. The molecule has 0 radical (unpaired) electrons. The summed E-state index contributed by atoms with van der Waals surface area (Å²) in [7, 11) is 1.76. The predicted molar refractivity (Wildman–Crippen MR) is 83.0 cm³/mol. The first kappa shape index (κ1) is 16.3. The Labute approximate surface area is 124 Å². The Morgan fingerprint density at radius 3 is 2.85 bits per heavy atom. The van der Waals surface area contributed by atoms with E-state index in [0.29, 0.717) is 0 Å². The summed E-state index contributed by atoms with van der Waals surface area (Å²) < 4.78 is 11.3. The van der Waals surface area contributed by atoms with E-state index in [2.05, 4.69) is 12.2 Å². The van der Waals surface area contributed by atoms with Crippen LogP contribution in [0.3, 0.4) is 0 Å². The Balaban J connectivity index is 1.69.